The number of rotatable bonds is 4. The SMILES string of the molecule is Cc1c(N)cc(S(=O)(=O)NC(C)CC(F)(F)F)cc1Cl. The monoisotopic (exact) mass is 330 g/mol. The van der Waals surface area contributed by atoms with Crippen molar-refractivity contribution >= 4 is 27.3 Å². The van der Waals surface area contributed by atoms with E-state index >= 15 is 0 Å². The van der Waals surface area contributed by atoms with E-state index in [-0.39, 0.29) is 15.6 Å². The van der Waals surface area contributed by atoms with E-state index in [0.29, 0.717) is 5.56 Å². The highest BCUT2D eigenvalue weighted by atomic mass is 35.5. The van der Waals surface area contributed by atoms with Gasteiger partial charge in [-0.1, -0.05) is 11.6 Å². The van der Waals surface area contributed by atoms with Crippen LogP contribution in [0.1, 0.15) is 18.9 Å². The molecule has 0 fully saturated rings. The third kappa shape index (κ3) is 4.53. The Morgan fingerprint density at radius 3 is 2.40 bits per heavy atom. The second-order valence-electron chi connectivity index (χ2n) is 4.46. The van der Waals surface area contributed by atoms with E-state index in [4.69, 9.17) is 17.3 Å². The van der Waals surface area contributed by atoms with Gasteiger partial charge in [0, 0.05) is 16.8 Å². The summed E-state index contributed by atoms with van der Waals surface area (Å²) in [4.78, 5) is -0.264. The molecule has 0 aliphatic heterocycles. The number of benzene rings is 1. The molecular weight excluding hydrogens is 317 g/mol. The third-order valence-corrected chi connectivity index (χ3v) is 4.52. The van der Waals surface area contributed by atoms with Crippen LogP contribution in [0, 0.1) is 6.92 Å². The van der Waals surface area contributed by atoms with E-state index in [2.05, 4.69) is 0 Å². The highest BCUT2D eigenvalue weighted by Gasteiger charge is 2.32. The molecule has 20 heavy (non-hydrogen) atoms. The number of anilines is 1. The molecule has 0 aromatic heterocycles. The van der Waals surface area contributed by atoms with Gasteiger partial charge in [-0.3, -0.25) is 0 Å². The maximum atomic E-state index is 12.2. The summed E-state index contributed by atoms with van der Waals surface area (Å²) in [5.41, 5.74) is 6.26. The van der Waals surface area contributed by atoms with Crippen molar-refractivity contribution in [3.8, 4) is 0 Å². The zero-order valence-electron chi connectivity index (χ0n) is 10.8. The molecule has 0 spiro atoms. The quantitative estimate of drug-likeness (QED) is 0.834. The van der Waals surface area contributed by atoms with Crippen molar-refractivity contribution in [3.63, 3.8) is 0 Å². The number of hydrogen-bond donors (Lipinski definition) is 2. The van der Waals surface area contributed by atoms with Crippen molar-refractivity contribution in [1.29, 1.82) is 0 Å². The van der Waals surface area contributed by atoms with Crippen LogP contribution in [0.4, 0.5) is 18.9 Å². The molecule has 0 aliphatic carbocycles. The molecular formula is C11H14ClF3N2O2S. The Kier molecular flexibility index (Phi) is 4.94. The van der Waals surface area contributed by atoms with E-state index in [1.54, 1.807) is 6.92 Å². The van der Waals surface area contributed by atoms with Crippen LogP contribution in [0.25, 0.3) is 0 Å². The lowest BCUT2D eigenvalue weighted by Gasteiger charge is -2.16. The van der Waals surface area contributed by atoms with Gasteiger partial charge in [0.25, 0.3) is 0 Å². The van der Waals surface area contributed by atoms with Gasteiger partial charge < -0.3 is 5.73 Å². The molecule has 4 nitrogen and oxygen atoms in total. The van der Waals surface area contributed by atoms with Gasteiger partial charge in [0.1, 0.15) is 0 Å². The van der Waals surface area contributed by atoms with Gasteiger partial charge in [-0.25, -0.2) is 13.1 Å². The normalized spacial score (nSPS) is 14.3. The summed E-state index contributed by atoms with van der Waals surface area (Å²) in [6, 6.07) is 1.01. The molecule has 3 N–H and O–H groups in total. The first kappa shape index (κ1) is 17.1. The Bertz CT molecular complexity index is 579. The average molecular weight is 331 g/mol. The van der Waals surface area contributed by atoms with Gasteiger partial charge in [0.05, 0.1) is 11.3 Å². The number of nitrogen functional groups attached to an aromatic ring is 1. The highest BCUT2D eigenvalue weighted by Crippen LogP contribution is 2.27. The van der Waals surface area contributed by atoms with Crippen LogP contribution in [0.2, 0.25) is 5.02 Å². The van der Waals surface area contributed by atoms with E-state index in [9.17, 15) is 21.6 Å². The molecule has 0 radical (unpaired) electrons. The molecule has 0 bridgehead atoms. The van der Waals surface area contributed by atoms with Crippen LogP contribution in [0.3, 0.4) is 0 Å². The van der Waals surface area contributed by atoms with Crippen molar-refractivity contribution in [2.45, 2.75) is 37.4 Å². The lowest BCUT2D eigenvalue weighted by atomic mass is 10.2. The summed E-state index contributed by atoms with van der Waals surface area (Å²) in [6.45, 7) is 2.73. The third-order valence-electron chi connectivity index (χ3n) is 2.56. The van der Waals surface area contributed by atoms with Crippen LogP contribution in [-0.2, 0) is 10.0 Å². The van der Waals surface area contributed by atoms with Gasteiger partial charge in [-0.15, -0.1) is 0 Å². The number of halogens is 4. The van der Waals surface area contributed by atoms with Gasteiger partial charge in [0.15, 0.2) is 0 Å². The van der Waals surface area contributed by atoms with Gasteiger partial charge in [-0.05, 0) is 31.5 Å². The van der Waals surface area contributed by atoms with E-state index in [0.717, 1.165) is 19.1 Å². The second kappa shape index (κ2) is 5.79. The van der Waals surface area contributed by atoms with Crippen LogP contribution in [0.15, 0.2) is 17.0 Å². The molecule has 9 heteroatoms. The molecule has 0 heterocycles. The van der Waals surface area contributed by atoms with E-state index in [1.807, 2.05) is 4.72 Å². The minimum absolute atomic E-state index is 0.133. The molecule has 0 aliphatic rings. The van der Waals surface area contributed by atoms with Crippen molar-refractivity contribution in [1.82, 2.24) is 4.72 Å². The standard InChI is InChI=1S/C11H14ClF3N2O2S/c1-6(5-11(13,14)15)17-20(18,19)8-3-9(12)7(2)10(16)4-8/h3-4,6,17H,5,16H2,1-2H3. The summed E-state index contributed by atoms with van der Waals surface area (Å²) in [5.74, 6) is 0. The number of alkyl halides is 3. The fourth-order valence-corrected chi connectivity index (χ4v) is 3.15. The average Bonchev–Trinajstić information content (AvgIpc) is 2.21. The van der Waals surface area contributed by atoms with E-state index < -0.39 is 28.7 Å². The molecule has 1 unspecified atom stereocenters. The van der Waals surface area contributed by atoms with Crippen molar-refractivity contribution < 1.29 is 21.6 Å². The predicted octanol–water partition coefficient (Wildman–Crippen LogP) is 2.85. The molecule has 1 aromatic carbocycles. The minimum Gasteiger partial charge on any atom is -0.398 e. The molecule has 0 amide bonds. The Morgan fingerprint density at radius 2 is 1.95 bits per heavy atom. The Morgan fingerprint density at radius 1 is 1.40 bits per heavy atom. The van der Waals surface area contributed by atoms with Crippen LogP contribution < -0.4 is 10.5 Å². The first-order chi connectivity index (χ1) is 8.92. The maximum Gasteiger partial charge on any atom is 0.390 e. The zero-order valence-corrected chi connectivity index (χ0v) is 12.3. The molecule has 0 saturated heterocycles. The Balaban J connectivity index is 3.00. The highest BCUT2D eigenvalue weighted by molar-refractivity contribution is 7.89. The minimum atomic E-state index is -4.45. The summed E-state index contributed by atoms with van der Waals surface area (Å²) in [5, 5.41) is 0.133. The van der Waals surface area contributed by atoms with Gasteiger partial charge >= 0.3 is 6.18 Å². The molecule has 1 aromatic rings. The molecule has 114 valence electrons. The summed E-state index contributed by atoms with van der Waals surface area (Å²) >= 11 is 5.82. The number of nitrogens with one attached hydrogen (secondary N) is 1. The zero-order chi connectivity index (χ0) is 15.7. The summed E-state index contributed by atoms with van der Waals surface area (Å²) in [6.07, 6.45) is -5.72. The lowest BCUT2D eigenvalue weighted by molar-refractivity contribution is -0.137. The largest absolute Gasteiger partial charge is 0.398 e. The molecule has 0 saturated carbocycles. The Hall–Kier alpha value is -0.990. The number of hydrogen-bond acceptors (Lipinski definition) is 3. The van der Waals surface area contributed by atoms with Gasteiger partial charge in [-0.2, -0.15) is 13.2 Å². The molecule has 1 atom stereocenters. The van der Waals surface area contributed by atoms with E-state index in [1.165, 1.54) is 0 Å². The predicted molar refractivity (Wildman–Crippen MR) is 71.1 cm³/mol. The van der Waals surface area contributed by atoms with Crippen molar-refractivity contribution in [2.75, 3.05) is 5.73 Å². The number of nitrogens with two attached hydrogens (primary N) is 1. The second-order valence-corrected chi connectivity index (χ2v) is 6.58. The fourth-order valence-electron chi connectivity index (χ4n) is 1.55. The maximum absolute atomic E-state index is 12.2. The smallest absolute Gasteiger partial charge is 0.390 e. The topological polar surface area (TPSA) is 72.2 Å². The van der Waals surface area contributed by atoms with Crippen LogP contribution >= 0.6 is 11.6 Å². The first-order valence-electron chi connectivity index (χ1n) is 5.57. The van der Waals surface area contributed by atoms with Crippen molar-refractivity contribution in [2.24, 2.45) is 0 Å². The number of sulfonamides is 1. The van der Waals surface area contributed by atoms with Crippen LogP contribution in [0.5, 0.6) is 0 Å². The Labute approximate surface area is 120 Å². The molecule has 1 rings (SSSR count). The summed E-state index contributed by atoms with van der Waals surface area (Å²) < 4.78 is 62.4. The fraction of sp³-hybridized carbons (Fsp3) is 0.455. The van der Waals surface area contributed by atoms with Gasteiger partial charge in [0.2, 0.25) is 10.0 Å². The van der Waals surface area contributed by atoms with Crippen LogP contribution in [-0.4, -0.2) is 20.6 Å². The lowest BCUT2D eigenvalue weighted by Crippen LogP contribution is -2.36. The summed E-state index contributed by atoms with van der Waals surface area (Å²) in [7, 11) is -4.11. The van der Waals surface area contributed by atoms with Crippen molar-refractivity contribution in [3.05, 3.63) is 22.7 Å². The first-order valence-corrected chi connectivity index (χ1v) is 7.43.